The molecule has 0 saturated carbocycles. The Morgan fingerprint density at radius 2 is 1.76 bits per heavy atom. The van der Waals surface area contributed by atoms with Crippen molar-refractivity contribution >= 4 is 11.8 Å². The normalized spacial score (nSPS) is 20.5. The lowest BCUT2D eigenvalue weighted by atomic mass is 9.71. The zero-order valence-electron chi connectivity index (χ0n) is 21.5. The summed E-state index contributed by atoms with van der Waals surface area (Å²) in [7, 11) is 0. The first kappa shape index (κ1) is 23.9. The fourth-order valence-corrected chi connectivity index (χ4v) is 5.20. The highest BCUT2D eigenvalue weighted by Crippen LogP contribution is 2.47. The average Bonchev–Trinajstić information content (AvgIpc) is 2.74. The Morgan fingerprint density at radius 3 is 2.41 bits per heavy atom. The molecular weight excluding hydrogens is 418 g/mol. The van der Waals surface area contributed by atoms with Crippen molar-refractivity contribution in [2.45, 2.75) is 66.7 Å². The minimum absolute atomic E-state index is 0.0956. The van der Waals surface area contributed by atoms with Gasteiger partial charge in [0.15, 0.2) is 0 Å². The van der Waals surface area contributed by atoms with Gasteiger partial charge in [-0.2, -0.15) is 10.5 Å². The molecule has 0 fully saturated rings. The predicted octanol–water partition coefficient (Wildman–Crippen LogP) is 6.96. The van der Waals surface area contributed by atoms with Crippen molar-refractivity contribution in [2.24, 2.45) is 10.8 Å². The van der Waals surface area contributed by atoms with E-state index in [2.05, 4.69) is 71.6 Å². The molecule has 0 aliphatic carbocycles. The van der Waals surface area contributed by atoms with Crippen LogP contribution in [0.3, 0.4) is 0 Å². The van der Waals surface area contributed by atoms with Crippen LogP contribution in [-0.2, 0) is 16.6 Å². The SMILES string of the molecule is CC1(C)Cc2cc(/C=C/C3=CC(=C(C#N)C#N)C=C(C(C)(C)C)O3)cc3c2N(CCC3(C)C)C1. The summed E-state index contributed by atoms with van der Waals surface area (Å²) < 4.78 is 6.19. The van der Waals surface area contributed by atoms with Crippen molar-refractivity contribution in [1.82, 2.24) is 0 Å². The van der Waals surface area contributed by atoms with Crippen molar-refractivity contribution < 1.29 is 4.74 Å². The molecule has 3 aliphatic rings. The van der Waals surface area contributed by atoms with E-state index in [0.29, 0.717) is 11.3 Å². The van der Waals surface area contributed by atoms with Gasteiger partial charge in [0, 0.05) is 29.8 Å². The summed E-state index contributed by atoms with van der Waals surface area (Å²) in [4.78, 5) is 2.59. The van der Waals surface area contributed by atoms with E-state index in [9.17, 15) is 10.5 Å². The maximum absolute atomic E-state index is 9.40. The summed E-state index contributed by atoms with van der Waals surface area (Å²) in [6, 6.07) is 8.67. The number of allylic oxidation sites excluding steroid dienone is 6. The van der Waals surface area contributed by atoms with Gasteiger partial charge >= 0.3 is 0 Å². The summed E-state index contributed by atoms with van der Waals surface area (Å²) in [5, 5.41) is 18.8. The van der Waals surface area contributed by atoms with Crippen LogP contribution in [0.15, 0.2) is 53.0 Å². The number of hydrogen-bond donors (Lipinski definition) is 0. The van der Waals surface area contributed by atoms with Gasteiger partial charge in [-0.1, -0.05) is 54.5 Å². The summed E-state index contributed by atoms with van der Waals surface area (Å²) >= 11 is 0. The van der Waals surface area contributed by atoms with Crippen LogP contribution in [0, 0.1) is 33.5 Å². The number of hydrogen-bond acceptors (Lipinski definition) is 4. The average molecular weight is 454 g/mol. The number of benzene rings is 1. The monoisotopic (exact) mass is 453 g/mol. The number of nitrogens with zero attached hydrogens (tertiary/aromatic N) is 3. The molecule has 0 N–H and O–H groups in total. The third-order valence-corrected chi connectivity index (χ3v) is 7.05. The molecule has 0 radical (unpaired) electrons. The molecule has 3 heterocycles. The predicted molar refractivity (Wildman–Crippen MR) is 138 cm³/mol. The van der Waals surface area contributed by atoms with Crippen molar-refractivity contribution in [1.29, 1.82) is 10.5 Å². The van der Waals surface area contributed by atoms with E-state index in [0.717, 1.165) is 37.3 Å². The molecule has 0 atom stereocenters. The second-order valence-corrected chi connectivity index (χ2v) is 12.3. The molecule has 1 aromatic carbocycles. The third-order valence-electron chi connectivity index (χ3n) is 7.05. The highest BCUT2D eigenvalue weighted by molar-refractivity contribution is 5.71. The van der Waals surface area contributed by atoms with Gasteiger partial charge in [-0.05, 0) is 70.7 Å². The molecule has 4 rings (SSSR count). The Hall–Kier alpha value is -3.24. The van der Waals surface area contributed by atoms with Crippen LogP contribution in [0.5, 0.6) is 0 Å². The van der Waals surface area contributed by atoms with Crippen molar-refractivity contribution in [3.63, 3.8) is 0 Å². The minimum Gasteiger partial charge on any atom is -0.461 e. The Bertz CT molecular complexity index is 1220. The van der Waals surface area contributed by atoms with Gasteiger partial charge in [-0.25, -0.2) is 0 Å². The molecule has 4 nitrogen and oxygen atoms in total. The van der Waals surface area contributed by atoms with Crippen molar-refractivity contribution in [3.8, 4) is 12.1 Å². The molecule has 176 valence electrons. The van der Waals surface area contributed by atoms with Gasteiger partial charge in [0.05, 0.1) is 0 Å². The Morgan fingerprint density at radius 1 is 1.06 bits per heavy atom. The van der Waals surface area contributed by atoms with Crippen LogP contribution in [-0.4, -0.2) is 13.1 Å². The molecular formula is C30H35N3O. The van der Waals surface area contributed by atoms with Crippen LogP contribution in [0.1, 0.15) is 71.6 Å². The molecule has 3 aliphatic heterocycles. The number of rotatable bonds is 2. The first-order valence-electron chi connectivity index (χ1n) is 12.1. The molecule has 0 bridgehead atoms. The molecule has 34 heavy (non-hydrogen) atoms. The first-order chi connectivity index (χ1) is 15.8. The minimum atomic E-state index is -0.246. The standard InChI is InChI=1S/C30H35N3O/c1-28(2,3)26-15-21(23(17-31)18-32)14-24(34-26)9-8-20-12-22-16-29(4,5)19-33-11-10-30(6,7)25(13-20)27(22)33/h8-9,12-15H,10-11,16,19H2,1-7H3/b9-8+. The molecule has 0 saturated heterocycles. The van der Waals surface area contributed by atoms with E-state index in [1.165, 1.54) is 16.8 Å². The van der Waals surface area contributed by atoms with Gasteiger partial charge in [0.25, 0.3) is 0 Å². The Balaban J connectivity index is 1.76. The number of anilines is 1. The lowest BCUT2D eigenvalue weighted by molar-refractivity contribution is 0.223. The van der Waals surface area contributed by atoms with Gasteiger partial charge < -0.3 is 9.64 Å². The maximum atomic E-state index is 9.40. The van der Waals surface area contributed by atoms with Gasteiger partial charge in [0.1, 0.15) is 29.2 Å². The van der Waals surface area contributed by atoms with E-state index >= 15 is 0 Å². The van der Waals surface area contributed by atoms with Crippen LogP contribution < -0.4 is 4.90 Å². The molecule has 4 heteroatoms. The summed E-state index contributed by atoms with van der Waals surface area (Å²) in [5.41, 5.74) is 6.28. The van der Waals surface area contributed by atoms with E-state index in [-0.39, 0.29) is 21.8 Å². The summed E-state index contributed by atoms with van der Waals surface area (Å²) in [5.74, 6) is 1.38. The zero-order valence-corrected chi connectivity index (χ0v) is 21.5. The van der Waals surface area contributed by atoms with Crippen LogP contribution in [0.25, 0.3) is 6.08 Å². The second kappa shape index (κ2) is 8.21. The highest BCUT2D eigenvalue weighted by atomic mass is 16.5. The quantitative estimate of drug-likeness (QED) is 0.454. The van der Waals surface area contributed by atoms with E-state index in [4.69, 9.17) is 4.74 Å². The number of ether oxygens (including phenoxy) is 1. The van der Waals surface area contributed by atoms with Gasteiger partial charge in [-0.15, -0.1) is 0 Å². The lowest BCUT2D eigenvalue weighted by Crippen LogP contribution is -2.46. The lowest BCUT2D eigenvalue weighted by Gasteiger charge is -2.48. The van der Waals surface area contributed by atoms with Crippen molar-refractivity contribution in [3.05, 3.63) is 69.7 Å². The van der Waals surface area contributed by atoms with Crippen molar-refractivity contribution in [2.75, 3.05) is 18.0 Å². The van der Waals surface area contributed by atoms with Crippen LogP contribution in [0.4, 0.5) is 5.69 Å². The molecule has 1 aromatic rings. The van der Waals surface area contributed by atoms with E-state index in [1.807, 2.05) is 18.2 Å². The first-order valence-corrected chi connectivity index (χ1v) is 12.1. The molecule has 0 amide bonds. The maximum Gasteiger partial charge on any atom is 0.137 e. The summed E-state index contributed by atoms with van der Waals surface area (Å²) in [6.45, 7) is 17.8. The fourth-order valence-electron chi connectivity index (χ4n) is 5.20. The molecule has 0 spiro atoms. The smallest absolute Gasteiger partial charge is 0.137 e. The molecule has 0 unspecified atom stereocenters. The highest BCUT2D eigenvalue weighted by Gasteiger charge is 2.39. The second-order valence-electron chi connectivity index (χ2n) is 12.3. The van der Waals surface area contributed by atoms with Gasteiger partial charge in [0.2, 0.25) is 0 Å². The third kappa shape index (κ3) is 4.55. The molecule has 0 aromatic heterocycles. The fraction of sp³-hybridized carbons (Fsp3) is 0.467. The van der Waals surface area contributed by atoms with Gasteiger partial charge in [-0.3, -0.25) is 0 Å². The van der Waals surface area contributed by atoms with E-state index in [1.54, 1.807) is 12.2 Å². The topological polar surface area (TPSA) is 60.1 Å². The zero-order chi connectivity index (χ0) is 24.9. The Kier molecular flexibility index (Phi) is 5.77. The largest absolute Gasteiger partial charge is 0.461 e. The number of nitriles is 2. The summed E-state index contributed by atoms with van der Waals surface area (Å²) in [6.07, 6.45) is 9.87. The van der Waals surface area contributed by atoms with E-state index < -0.39 is 0 Å². The van der Waals surface area contributed by atoms with Crippen LogP contribution in [0.2, 0.25) is 0 Å². The Labute approximate surface area is 204 Å². The van der Waals surface area contributed by atoms with Crippen LogP contribution >= 0.6 is 0 Å².